The molecule has 0 fully saturated rings. The fraction of sp³-hybridized carbons (Fsp3) is 0.296. The van der Waals surface area contributed by atoms with Crippen molar-refractivity contribution in [1.29, 1.82) is 0 Å². The highest BCUT2D eigenvalue weighted by Gasteiger charge is 2.28. The van der Waals surface area contributed by atoms with Gasteiger partial charge < -0.3 is 4.74 Å². The smallest absolute Gasteiger partial charge is 0.164 e. The first-order valence-electron chi connectivity index (χ1n) is 10.9. The fourth-order valence-corrected chi connectivity index (χ4v) is 3.29. The summed E-state index contributed by atoms with van der Waals surface area (Å²) in [6, 6.07) is 26.8. The molecule has 0 amide bonds. The summed E-state index contributed by atoms with van der Waals surface area (Å²) in [7, 11) is 1.61. The Hall–Kier alpha value is -2.99. The molecule has 3 aromatic rings. The Morgan fingerprint density at radius 1 is 0.781 bits per heavy atom. The second-order valence-corrected chi connectivity index (χ2v) is 7.97. The monoisotopic (exact) mass is 433 g/mol. The van der Waals surface area contributed by atoms with Gasteiger partial charge in [-0.15, -0.1) is 0 Å². The van der Waals surface area contributed by atoms with E-state index in [4.69, 9.17) is 14.4 Å². The van der Waals surface area contributed by atoms with Crippen LogP contribution >= 0.6 is 0 Å². The Bertz CT molecular complexity index is 899. The van der Waals surface area contributed by atoms with E-state index in [-0.39, 0.29) is 24.2 Å². The van der Waals surface area contributed by atoms with Crippen molar-refractivity contribution in [2.24, 2.45) is 5.92 Å². The molecule has 0 aliphatic carbocycles. The molecule has 5 heteroatoms. The minimum absolute atomic E-state index is 0.0305. The molecule has 3 rings (SSSR count). The van der Waals surface area contributed by atoms with Gasteiger partial charge in [0.2, 0.25) is 0 Å². The molecule has 0 aliphatic rings. The van der Waals surface area contributed by atoms with E-state index in [1.807, 2.05) is 60.7 Å². The zero-order valence-electron chi connectivity index (χ0n) is 18.9. The van der Waals surface area contributed by atoms with Crippen LogP contribution in [0.3, 0.4) is 0 Å². The predicted octanol–water partition coefficient (Wildman–Crippen LogP) is 5.86. The number of carbonyl (C=O) groups is 1. The minimum atomic E-state index is -0.253. The lowest BCUT2D eigenvalue weighted by Gasteiger charge is -2.32. The number of carbonyl (C=O) groups excluding carboxylic acids is 1. The third-order valence-corrected chi connectivity index (χ3v) is 5.25. The van der Waals surface area contributed by atoms with Crippen LogP contribution in [0.4, 0.5) is 0 Å². The molecule has 0 radical (unpaired) electrons. The topological polar surface area (TPSA) is 48.0 Å². The first-order chi connectivity index (χ1) is 15.6. The van der Waals surface area contributed by atoms with Crippen LogP contribution in [-0.2, 0) is 22.9 Å². The molecule has 0 N–H and O–H groups in total. The molecule has 3 aromatic carbocycles. The van der Waals surface area contributed by atoms with Crippen molar-refractivity contribution >= 4 is 5.78 Å². The predicted molar refractivity (Wildman–Crippen MR) is 125 cm³/mol. The van der Waals surface area contributed by atoms with Gasteiger partial charge in [-0.3, -0.25) is 14.5 Å². The van der Waals surface area contributed by atoms with Crippen molar-refractivity contribution in [3.8, 4) is 5.75 Å². The number of nitrogens with zero attached hydrogens (tertiary/aromatic N) is 1. The number of ether oxygens (including phenoxy) is 1. The molecule has 1 atom stereocenters. The van der Waals surface area contributed by atoms with Crippen molar-refractivity contribution in [1.82, 2.24) is 5.23 Å². The van der Waals surface area contributed by atoms with E-state index < -0.39 is 0 Å². The Morgan fingerprint density at radius 2 is 1.28 bits per heavy atom. The largest absolute Gasteiger partial charge is 0.497 e. The van der Waals surface area contributed by atoms with Crippen LogP contribution in [0.1, 0.15) is 41.8 Å². The number of benzene rings is 3. The minimum Gasteiger partial charge on any atom is -0.497 e. The Kier molecular flexibility index (Phi) is 8.99. The summed E-state index contributed by atoms with van der Waals surface area (Å²) in [5.41, 5.74) is 2.71. The van der Waals surface area contributed by atoms with E-state index in [1.165, 1.54) is 5.23 Å². The second-order valence-electron chi connectivity index (χ2n) is 7.97. The summed E-state index contributed by atoms with van der Waals surface area (Å²) in [5, 5.41) is 1.52. The first-order valence-corrected chi connectivity index (χ1v) is 10.9. The number of hydroxylamine groups is 2. The third-order valence-electron chi connectivity index (χ3n) is 5.25. The molecule has 0 unspecified atom stereocenters. The lowest BCUT2D eigenvalue weighted by molar-refractivity contribution is -0.403. The van der Waals surface area contributed by atoms with E-state index in [0.717, 1.165) is 16.9 Å². The number of Topliss-reactive ketones (excluding diaryl/α,β-unsaturated/α-hetero) is 1. The molecule has 0 saturated heterocycles. The van der Waals surface area contributed by atoms with Gasteiger partial charge in [-0.25, -0.2) is 0 Å². The molecular weight excluding hydrogens is 402 g/mol. The summed E-state index contributed by atoms with van der Waals surface area (Å²) in [4.78, 5) is 25.2. The lowest BCUT2D eigenvalue weighted by atomic mass is 9.96. The van der Waals surface area contributed by atoms with Gasteiger partial charge in [0.1, 0.15) is 5.75 Å². The molecule has 5 nitrogen and oxygen atoms in total. The van der Waals surface area contributed by atoms with Gasteiger partial charge in [-0.05, 0) is 41.3 Å². The highest BCUT2D eigenvalue weighted by atomic mass is 16.9. The molecule has 0 aliphatic heterocycles. The van der Waals surface area contributed by atoms with Crippen molar-refractivity contribution < 1.29 is 19.2 Å². The quantitative estimate of drug-likeness (QED) is 0.265. The van der Waals surface area contributed by atoms with Gasteiger partial charge in [0.15, 0.2) is 5.78 Å². The van der Waals surface area contributed by atoms with Gasteiger partial charge in [-0.1, -0.05) is 79.7 Å². The summed E-state index contributed by atoms with van der Waals surface area (Å²) < 4.78 is 5.19. The Labute approximate surface area is 190 Å². The Morgan fingerprint density at radius 3 is 1.72 bits per heavy atom. The van der Waals surface area contributed by atoms with E-state index in [9.17, 15) is 4.79 Å². The number of rotatable bonds is 12. The highest BCUT2D eigenvalue weighted by Crippen LogP contribution is 2.22. The summed E-state index contributed by atoms with van der Waals surface area (Å²) in [6.07, 6.45) is 0.271. The van der Waals surface area contributed by atoms with E-state index in [1.54, 1.807) is 31.4 Å². The number of hydrogen-bond acceptors (Lipinski definition) is 5. The van der Waals surface area contributed by atoms with E-state index in [2.05, 4.69) is 13.8 Å². The van der Waals surface area contributed by atoms with Gasteiger partial charge in [0.05, 0.1) is 26.4 Å². The summed E-state index contributed by atoms with van der Waals surface area (Å²) in [6.45, 7) is 4.85. The van der Waals surface area contributed by atoms with Crippen LogP contribution in [-0.4, -0.2) is 24.2 Å². The maximum atomic E-state index is 13.0. The first kappa shape index (κ1) is 23.7. The van der Waals surface area contributed by atoms with Crippen LogP contribution in [0.5, 0.6) is 5.75 Å². The molecular formula is C27H31NO4. The lowest BCUT2D eigenvalue weighted by Crippen LogP contribution is -2.40. The van der Waals surface area contributed by atoms with E-state index >= 15 is 0 Å². The van der Waals surface area contributed by atoms with E-state index in [0.29, 0.717) is 18.8 Å². The van der Waals surface area contributed by atoms with Crippen molar-refractivity contribution in [3.05, 3.63) is 102 Å². The zero-order chi connectivity index (χ0) is 22.8. The molecule has 168 valence electrons. The van der Waals surface area contributed by atoms with Gasteiger partial charge >= 0.3 is 0 Å². The van der Waals surface area contributed by atoms with Crippen LogP contribution < -0.4 is 4.74 Å². The van der Waals surface area contributed by atoms with Crippen LogP contribution in [0.25, 0.3) is 0 Å². The SMILES string of the molecule is COc1ccc(C(=O)C[C@@H](C(C)C)N(OCc2ccccc2)OCc2ccccc2)cc1. The number of methoxy groups -OCH3 is 1. The van der Waals surface area contributed by atoms with Crippen LogP contribution in [0, 0.1) is 5.92 Å². The maximum absolute atomic E-state index is 13.0. The third kappa shape index (κ3) is 7.02. The molecule has 0 aromatic heterocycles. The summed E-state index contributed by atoms with van der Waals surface area (Å²) >= 11 is 0. The van der Waals surface area contributed by atoms with Crippen molar-refractivity contribution in [2.75, 3.05) is 7.11 Å². The summed E-state index contributed by atoms with van der Waals surface area (Å²) in [5.74, 6) is 0.882. The zero-order valence-corrected chi connectivity index (χ0v) is 18.9. The number of hydrogen-bond donors (Lipinski definition) is 0. The standard InChI is InChI=1S/C27H31NO4/c1-21(2)26(18-27(29)24-14-16-25(30-3)17-15-24)28(31-19-22-10-6-4-7-11-22)32-20-23-12-8-5-9-13-23/h4-17,21,26H,18-20H2,1-3H3/t26-/m0/s1. The van der Waals surface area contributed by atoms with Gasteiger partial charge in [-0.2, -0.15) is 0 Å². The van der Waals surface area contributed by atoms with Crippen molar-refractivity contribution in [2.45, 2.75) is 39.5 Å². The average Bonchev–Trinajstić information content (AvgIpc) is 2.84. The highest BCUT2D eigenvalue weighted by molar-refractivity contribution is 5.96. The molecule has 0 spiro atoms. The second kappa shape index (κ2) is 12.2. The van der Waals surface area contributed by atoms with Crippen molar-refractivity contribution in [3.63, 3.8) is 0 Å². The fourth-order valence-electron chi connectivity index (χ4n) is 3.29. The normalized spacial score (nSPS) is 12.2. The number of ketones is 1. The molecule has 0 bridgehead atoms. The molecule has 0 saturated carbocycles. The average molecular weight is 434 g/mol. The molecule has 32 heavy (non-hydrogen) atoms. The van der Waals surface area contributed by atoms with Crippen LogP contribution in [0.15, 0.2) is 84.9 Å². The Balaban J connectivity index is 1.74. The molecule has 0 heterocycles. The van der Waals surface area contributed by atoms with Gasteiger partial charge in [0, 0.05) is 12.0 Å². The van der Waals surface area contributed by atoms with Crippen LogP contribution in [0.2, 0.25) is 0 Å². The van der Waals surface area contributed by atoms with Gasteiger partial charge in [0.25, 0.3) is 0 Å². The maximum Gasteiger partial charge on any atom is 0.164 e.